The lowest BCUT2D eigenvalue weighted by Crippen LogP contribution is -2.59. The highest BCUT2D eigenvalue weighted by molar-refractivity contribution is 9.10. The number of halogens is 9. The minimum absolute atomic E-state index is 0.113. The topological polar surface area (TPSA) is 95.7 Å². The van der Waals surface area contributed by atoms with Crippen molar-refractivity contribution in [2.24, 2.45) is 11.1 Å². The Kier molecular flexibility index (Phi) is 14.1. The molecule has 0 unspecified atom stereocenters. The summed E-state index contributed by atoms with van der Waals surface area (Å²) in [6.07, 6.45) is -6.11. The van der Waals surface area contributed by atoms with E-state index in [4.69, 9.17) is 52.1 Å². The van der Waals surface area contributed by atoms with E-state index in [1.165, 1.54) is 30.0 Å². The average molecular weight is 968 g/mol. The summed E-state index contributed by atoms with van der Waals surface area (Å²) in [5.74, 6) is -3.03. The van der Waals surface area contributed by atoms with E-state index in [2.05, 4.69) is 37.2 Å². The third kappa shape index (κ3) is 11.2. The van der Waals surface area contributed by atoms with E-state index >= 15 is 0 Å². The van der Waals surface area contributed by atoms with Gasteiger partial charge in [0.05, 0.1) is 5.54 Å². The molecule has 7 nitrogen and oxygen atoms in total. The Morgan fingerprint density at radius 1 is 0.782 bits per heavy atom. The number of nitrogens with zero attached hydrogens (tertiary/aromatic N) is 2. The first-order chi connectivity index (χ1) is 25.3. The van der Waals surface area contributed by atoms with Crippen LogP contribution in [0.2, 0.25) is 20.1 Å². The fourth-order valence-corrected chi connectivity index (χ4v) is 7.78. The maximum atomic E-state index is 13.9. The summed E-state index contributed by atoms with van der Waals surface area (Å²) in [5, 5.41) is 4.09. The summed E-state index contributed by atoms with van der Waals surface area (Å²) < 4.78 is 43.2. The van der Waals surface area contributed by atoms with E-state index in [0.29, 0.717) is 32.6 Å². The number of amides is 3. The highest BCUT2D eigenvalue weighted by atomic mass is 79.9. The second-order valence-corrected chi connectivity index (χ2v) is 18.2. The Hall–Kier alpha value is -2.84. The zero-order chi connectivity index (χ0) is 41.3. The summed E-state index contributed by atoms with van der Waals surface area (Å²) in [6.45, 7) is 8.08. The van der Waals surface area contributed by atoms with Crippen LogP contribution in [-0.2, 0) is 27.2 Å². The second kappa shape index (κ2) is 17.3. The zero-order valence-corrected chi connectivity index (χ0v) is 36.4. The van der Waals surface area contributed by atoms with Crippen molar-refractivity contribution in [3.63, 3.8) is 0 Å². The summed E-state index contributed by atoms with van der Waals surface area (Å²) in [7, 11) is 0. The van der Waals surface area contributed by atoms with Gasteiger partial charge in [-0.3, -0.25) is 24.2 Å². The van der Waals surface area contributed by atoms with Crippen LogP contribution >= 0.6 is 78.3 Å². The molecule has 16 heteroatoms. The monoisotopic (exact) mass is 964 g/mol. The van der Waals surface area contributed by atoms with Gasteiger partial charge in [0.15, 0.2) is 0 Å². The first-order valence-electron chi connectivity index (χ1n) is 16.6. The summed E-state index contributed by atoms with van der Waals surface area (Å²) in [5.41, 5.74) is 4.68. The highest BCUT2D eigenvalue weighted by Gasteiger charge is 2.64. The largest absolute Gasteiger partial charge is 0.471 e. The molecular weight excluding hydrogens is 931 g/mol. The lowest BCUT2D eigenvalue weighted by atomic mass is 9.87. The lowest BCUT2D eigenvalue weighted by Gasteiger charge is -2.42. The van der Waals surface area contributed by atoms with Crippen molar-refractivity contribution in [3.05, 3.63) is 125 Å². The Morgan fingerprint density at radius 3 is 1.65 bits per heavy atom. The smallest absolute Gasteiger partial charge is 0.324 e. The van der Waals surface area contributed by atoms with E-state index in [-0.39, 0.29) is 28.1 Å². The predicted molar refractivity (Wildman–Crippen MR) is 222 cm³/mol. The van der Waals surface area contributed by atoms with Crippen LogP contribution in [0.25, 0.3) is 0 Å². The van der Waals surface area contributed by atoms with E-state index in [1.54, 1.807) is 70.2 Å². The normalized spacial score (nSPS) is 18.4. The number of rotatable bonds is 7. The maximum absolute atomic E-state index is 13.9. The lowest BCUT2D eigenvalue weighted by molar-refractivity contribution is -0.194. The van der Waals surface area contributed by atoms with Crippen molar-refractivity contribution in [2.75, 3.05) is 10.2 Å². The molecule has 0 saturated carbocycles. The van der Waals surface area contributed by atoms with E-state index in [9.17, 15) is 27.6 Å². The van der Waals surface area contributed by atoms with Crippen LogP contribution in [0.5, 0.6) is 0 Å². The molecule has 55 heavy (non-hydrogen) atoms. The molecule has 0 bridgehead atoms. The van der Waals surface area contributed by atoms with Crippen molar-refractivity contribution in [2.45, 2.75) is 70.9 Å². The number of hydrogen-bond donors (Lipinski definition) is 2. The van der Waals surface area contributed by atoms with Crippen LogP contribution in [-0.4, -0.2) is 46.0 Å². The molecule has 0 radical (unpaired) electrons. The van der Waals surface area contributed by atoms with Crippen LogP contribution in [0, 0.1) is 5.41 Å². The zero-order valence-electron chi connectivity index (χ0n) is 30.2. The minimum atomic E-state index is -5.17. The first-order valence-corrected chi connectivity index (χ1v) is 19.7. The molecule has 1 aliphatic heterocycles. The third-order valence-corrected chi connectivity index (χ3v) is 10.6. The van der Waals surface area contributed by atoms with Crippen molar-refractivity contribution in [1.29, 1.82) is 0 Å². The third-order valence-electron chi connectivity index (χ3n) is 8.65. The molecule has 4 aromatic carbocycles. The van der Waals surface area contributed by atoms with Gasteiger partial charge in [0.25, 0.3) is 5.91 Å². The molecule has 5 rings (SSSR count). The number of alkyl halides is 3. The molecule has 1 fully saturated rings. The number of carbonyl (C=O) groups is 3. The van der Waals surface area contributed by atoms with Crippen LogP contribution < -0.4 is 16.0 Å². The van der Waals surface area contributed by atoms with Gasteiger partial charge < -0.3 is 11.1 Å². The maximum Gasteiger partial charge on any atom is 0.471 e. The average Bonchev–Trinajstić information content (AvgIpc) is 3.28. The van der Waals surface area contributed by atoms with Crippen molar-refractivity contribution in [3.8, 4) is 0 Å². The van der Waals surface area contributed by atoms with E-state index < -0.39 is 40.6 Å². The summed E-state index contributed by atoms with van der Waals surface area (Å²) in [4.78, 5) is 41.0. The first kappa shape index (κ1) is 44.9. The van der Waals surface area contributed by atoms with E-state index in [1.807, 2.05) is 24.3 Å². The Bertz CT molecular complexity index is 2020. The standard InChI is InChI=1S/C23H22BrCl2F3N2O2.C16H15BrCl2N2O/c1-21(2,3)18-30(17-10-15(25)9-16(26)11-17)19(32)22(4,31(18)20(33)23(27,28)29)12-13-5-7-14(24)8-6-13;1-16(20,9-10-2-4-11(17)5-3-10)15(22)21-14-7-12(18)6-13(19)8-14/h5-11,18H,12H2,1-4H3;2-8H,9,20H2,1H3,(H,21,22)/t18-,22-;16-/m11/s1. The summed E-state index contributed by atoms with van der Waals surface area (Å²) in [6, 6.07) is 23.7. The van der Waals surface area contributed by atoms with Crippen molar-refractivity contribution in [1.82, 2.24) is 4.90 Å². The molecular formula is C39H37Br2Cl4F3N4O3. The van der Waals surface area contributed by atoms with Crippen molar-refractivity contribution >= 4 is 107 Å². The molecule has 0 aromatic heterocycles. The SMILES string of the molecule is CC(C)(C)[C@@H]1N(c2cc(Cl)cc(Cl)c2)C(=O)[C@@](C)(Cc2ccc(Br)cc2)N1C(=O)C(F)(F)F.C[C@@](N)(Cc1ccc(Br)cc1)C(=O)Nc1cc(Cl)cc(Cl)c1. The van der Waals surface area contributed by atoms with Crippen LogP contribution in [0.4, 0.5) is 24.5 Å². The Morgan fingerprint density at radius 2 is 1.22 bits per heavy atom. The van der Waals surface area contributed by atoms with Gasteiger partial charge in [-0.15, -0.1) is 0 Å². The molecule has 294 valence electrons. The fourth-order valence-electron chi connectivity index (χ4n) is 6.21. The van der Waals surface area contributed by atoms with Gasteiger partial charge in [0.2, 0.25) is 5.91 Å². The summed E-state index contributed by atoms with van der Waals surface area (Å²) >= 11 is 30.8. The van der Waals surface area contributed by atoms with Gasteiger partial charge in [-0.25, -0.2) is 0 Å². The number of benzene rings is 4. The van der Waals surface area contributed by atoms with Crippen LogP contribution in [0.15, 0.2) is 93.9 Å². The van der Waals surface area contributed by atoms with Crippen molar-refractivity contribution < 1.29 is 27.6 Å². The predicted octanol–water partition coefficient (Wildman–Crippen LogP) is 11.5. The van der Waals surface area contributed by atoms with Gasteiger partial charge >= 0.3 is 12.1 Å². The molecule has 1 aliphatic rings. The molecule has 4 aromatic rings. The van der Waals surface area contributed by atoms with Crippen LogP contribution in [0.3, 0.4) is 0 Å². The quantitative estimate of drug-likeness (QED) is 0.193. The Labute approximate surface area is 354 Å². The molecule has 0 aliphatic carbocycles. The van der Waals surface area contributed by atoms with Gasteiger partial charge in [-0.05, 0) is 92.1 Å². The minimum Gasteiger partial charge on any atom is -0.324 e. The molecule has 3 N–H and O–H groups in total. The van der Waals surface area contributed by atoms with Gasteiger partial charge in [0, 0.05) is 52.2 Å². The second-order valence-electron chi connectivity index (χ2n) is 14.6. The fraction of sp³-hybridized carbons (Fsp3) is 0.308. The highest BCUT2D eigenvalue weighted by Crippen LogP contribution is 2.46. The number of carbonyl (C=O) groups excluding carboxylic acids is 3. The molecule has 1 saturated heterocycles. The number of anilines is 2. The number of nitrogens with two attached hydrogens (primary N) is 1. The molecule has 3 amide bonds. The number of nitrogens with one attached hydrogen (secondary N) is 1. The number of hydrogen-bond acceptors (Lipinski definition) is 4. The van der Waals surface area contributed by atoms with Crippen LogP contribution in [0.1, 0.15) is 45.7 Å². The van der Waals surface area contributed by atoms with E-state index in [0.717, 1.165) is 14.5 Å². The van der Waals surface area contributed by atoms with Gasteiger partial charge in [-0.1, -0.05) is 123 Å². The van der Waals surface area contributed by atoms with Gasteiger partial charge in [-0.2, -0.15) is 13.2 Å². The molecule has 1 heterocycles. The Balaban J connectivity index is 0.000000265. The molecule has 0 spiro atoms. The van der Waals surface area contributed by atoms with Gasteiger partial charge in [0.1, 0.15) is 11.7 Å². The molecule has 3 atom stereocenters.